The number of hydrogen-bond acceptors (Lipinski definition) is 8. The van der Waals surface area contributed by atoms with E-state index in [0.717, 1.165) is 10.4 Å². The zero-order chi connectivity index (χ0) is 21.7. The van der Waals surface area contributed by atoms with Crippen LogP contribution in [0.25, 0.3) is 0 Å². The summed E-state index contributed by atoms with van der Waals surface area (Å²) in [5.41, 5.74) is 1.42. The summed E-state index contributed by atoms with van der Waals surface area (Å²) in [4.78, 5) is 43.8. The van der Waals surface area contributed by atoms with Crippen LogP contribution in [0.4, 0.5) is 0 Å². The highest BCUT2D eigenvalue weighted by atomic mass is 32.1. The number of ketones is 2. The summed E-state index contributed by atoms with van der Waals surface area (Å²) >= 11 is 1.31. The molecule has 0 aromatic carbocycles. The Hall–Kier alpha value is -2.07. The van der Waals surface area contributed by atoms with E-state index in [1.165, 1.54) is 30.4 Å². The fourth-order valence-corrected chi connectivity index (χ4v) is 4.29. The van der Waals surface area contributed by atoms with Crippen molar-refractivity contribution in [3.63, 3.8) is 0 Å². The Kier molecular flexibility index (Phi) is 8.09. The van der Waals surface area contributed by atoms with Gasteiger partial charge in [-0.3, -0.25) is 14.4 Å². The molecule has 1 heterocycles. The van der Waals surface area contributed by atoms with Crippen molar-refractivity contribution in [2.75, 3.05) is 61.3 Å². The average Bonchev–Trinajstić information content (AvgIpc) is 3.00. The summed E-state index contributed by atoms with van der Waals surface area (Å²) in [6.07, 6.45) is 0. The first-order valence-corrected chi connectivity index (χ1v) is 10.0. The number of thiophene rings is 1. The van der Waals surface area contributed by atoms with Gasteiger partial charge in [0.1, 0.15) is 18.0 Å². The van der Waals surface area contributed by atoms with Crippen molar-refractivity contribution in [3.8, 4) is 0 Å². The summed E-state index contributed by atoms with van der Waals surface area (Å²) < 4.78 is 15.3. The first-order valence-electron chi connectivity index (χ1n) is 9.22. The topological polar surface area (TPSA) is 85.4 Å². The molecule has 0 unspecified atom stereocenters. The first kappa shape index (κ1) is 23.2. The second-order valence-corrected chi connectivity index (χ2v) is 7.93. The molecule has 0 saturated carbocycles. The lowest BCUT2D eigenvalue weighted by molar-refractivity contribution is -0.131. The Morgan fingerprint density at radius 2 is 1.52 bits per heavy atom. The largest absolute Gasteiger partial charge is 0.383 e. The van der Waals surface area contributed by atoms with Crippen LogP contribution in [0.5, 0.6) is 0 Å². The number of aryl methyl sites for hydroxylation is 1. The van der Waals surface area contributed by atoms with Gasteiger partial charge in [-0.2, -0.15) is 0 Å². The van der Waals surface area contributed by atoms with Crippen LogP contribution < -0.4 is 0 Å². The highest BCUT2D eigenvalue weighted by molar-refractivity contribution is 7.15. The van der Waals surface area contributed by atoms with Gasteiger partial charge >= 0.3 is 0 Å². The molecule has 0 saturated heterocycles. The van der Waals surface area contributed by atoms with Crippen molar-refractivity contribution in [2.45, 2.75) is 13.8 Å². The van der Waals surface area contributed by atoms with Gasteiger partial charge < -0.3 is 24.0 Å². The zero-order valence-electron chi connectivity index (χ0n) is 17.8. The lowest BCUT2D eigenvalue weighted by Gasteiger charge is -2.33. The van der Waals surface area contributed by atoms with Gasteiger partial charge in [0.25, 0.3) is 5.91 Å². The molecule has 1 aliphatic carbocycles. The molecular formula is C20H28N2O6S. The minimum Gasteiger partial charge on any atom is -0.383 e. The number of allylic oxidation sites excluding steroid dienone is 2. The van der Waals surface area contributed by atoms with Crippen molar-refractivity contribution in [1.29, 1.82) is 0 Å². The third-order valence-corrected chi connectivity index (χ3v) is 6.10. The van der Waals surface area contributed by atoms with Gasteiger partial charge in [0.15, 0.2) is 0 Å². The standard InChI is InChI=1S/C20H28N2O6S/c1-12-13(2)29-20-15(12)18(24)16(21(3)14(23)11-28-6)17(19(20)25)22(7-9-26-4)8-10-27-5/h7-11H2,1-6H3. The van der Waals surface area contributed by atoms with Gasteiger partial charge in [-0.25, -0.2) is 0 Å². The number of carbonyl (C=O) groups is 3. The van der Waals surface area contributed by atoms with Crippen LogP contribution >= 0.6 is 11.3 Å². The summed E-state index contributed by atoms with van der Waals surface area (Å²) in [5, 5.41) is 0. The monoisotopic (exact) mass is 424 g/mol. The molecule has 0 aliphatic heterocycles. The lowest BCUT2D eigenvalue weighted by atomic mass is 9.92. The number of rotatable bonds is 10. The number of ether oxygens (including phenoxy) is 3. The number of methoxy groups -OCH3 is 3. The fourth-order valence-electron chi connectivity index (χ4n) is 3.19. The molecule has 0 spiro atoms. The van der Waals surface area contributed by atoms with Gasteiger partial charge in [0.05, 0.1) is 18.1 Å². The highest BCUT2D eigenvalue weighted by Gasteiger charge is 2.40. The van der Waals surface area contributed by atoms with Crippen molar-refractivity contribution >= 4 is 28.8 Å². The van der Waals surface area contributed by atoms with Crippen LogP contribution in [0.1, 0.15) is 30.5 Å². The third-order valence-electron chi connectivity index (χ3n) is 4.90. The smallest absolute Gasteiger partial charge is 0.252 e. The summed E-state index contributed by atoms with van der Waals surface area (Å²) in [6, 6.07) is 0. The predicted octanol–water partition coefficient (Wildman–Crippen LogP) is 1.66. The van der Waals surface area contributed by atoms with E-state index in [0.29, 0.717) is 36.7 Å². The molecule has 8 nitrogen and oxygen atoms in total. The van der Waals surface area contributed by atoms with Crippen molar-refractivity contribution in [2.24, 2.45) is 0 Å². The highest BCUT2D eigenvalue weighted by Crippen LogP contribution is 2.37. The Morgan fingerprint density at radius 1 is 0.931 bits per heavy atom. The van der Waals surface area contributed by atoms with Gasteiger partial charge in [-0.1, -0.05) is 0 Å². The van der Waals surface area contributed by atoms with Crippen LogP contribution in [0, 0.1) is 13.8 Å². The van der Waals surface area contributed by atoms with E-state index in [2.05, 4.69) is 0 Å². The van der Waals surface area contributed by atoms with E-state index in [1.54, 1.807) is 19.1 Å². The number of nitrogens with zero attached hydrogens (tertiary/aromatic N) is 2. The molecule has 0 radical (unpaired) electrons. The third kappa shape index (κ3) is 4.58. The Balaban J connectivity index is 2.66. The molecule has 160 valence electrons. The second-order valence-electron chi connectivity index (χ2n) is 6.70. The van der Waals surface area contributed by atoms with E-state index in [-0.39, 0.29) is 29.6 Å². The maximum Gasteiger partial charge on any atom is 0.252 e. The number of amides is 1. The molecule has 0 N–H and O–H groups in total. The Bertz CT molecular complexity index is 821. The number of fused-ring (bicyclic) bond motifs is 1. The lowest BCUT2D eigenvalue weighted by Crippen LogP contribution is -2.43. The first-order chi connectivity index (χ1) is 13.8. The molecule has 0 bridgehead atoms. The molecule has 1 aromatic heterocycles. The van der Waals surface area contributed by atoms with Crippen molar-refractivity contribution in [1.82, 2.24) is 9.80 Å². The number of Topliss-reactive ketones (excluding diaryl/α,β-unsaturated/α-hetero) is 2. The minimum atomic E-state index is -0.410. The average molecular weight is 425 g/mol. The summed E-state index contributed by atoms with van der Waals surface area (Å²) in [5.74, 6) is -1.00. The number of hydrogen-bond donors (Lipinski definition) is 0. The van der Waals surface area contributed by atoms with Gasteiger partial charge in [-0.05, 0) is 19.4 Å². The van der Waals surface area contributed by atoms with Crippen LogP contribution in [-0.4, -0.2) is 88.6 Å². The number of carbonyl (C=O) groups excluding carboxylic acids is 3. The Morgan fingerprint density at radius 3 is 2.03 bits per heavy atom. The van der Waals surface area contributed by atoms with Crippen molar-refractivity contribution < 1.29 is 28.6 Å². The molecule has 1 amide bonds. The Labute approximate surface area is 175 Å². The van der Waals surface area contributed by atoms with E-state index >= 15 is 0 Å². The van der Waals surface area contributed by atoms with Gasteiger partial charge in [0.2, 0.25) is 11.6 Å². The van der Waals surface area contributed by atoms with E-state index in [1.807, 2.05) is 13.8 Å². The van der Waals surface area contributed by atoms with Gasteiger partial charge in [-0.15, -0.1) is 11.3 Å². The molecule has 29 heavy (non-hydrogen) atoms. The van der Waals surface area contributed by atoms with Crippen molar-refractivity contribution in [3.05, 3.63) is 32.3 Å². The zero-order valence-corrected chi connectivity index (χ0v) is 18.6. The second kappa shape index (κ2) is 10.1. The van der Waals surface area contributed by atoms with E-state index < -0.39 is 5.91 Å². The quantitative estimate of drug-likeness (QED) is 0.565. The molecule has 2 rings (SSSR count). The molecular weight excluding hydrogens is 396 g/mol. The summed E-state index contributed by atoms with van der Waals surface area (Å²) in [7, 11) is 6.03. The van der Waals surface area contributed by atoms with E-state index in [9.17, 15) is 14.4 Å². The normalized spacial score (nSPS) is 13.7. The molecule has 1 aliphatic rings. The maximum atomic E-state index is 13.5. The molecule has 0 atom stereocenters. The predicted molar refractivity (Wildman–Crippen MR) is 109 cm³/mol. The maximum absolute atomic E-state index is 13.5. The van der Waals surface area contributed by atoms with Crippen LogP contribution in [0.2, 0.25) is 0 Å². The minimum absolute atomic E-state index is 0.0673. The van der Waals surface area contributed by atoms with Crippen LogP contribution in [-0.2, 0) is 19.0 Å². The fraction of sp³-hybridized carbons (Fsp3) is 0.550. The SMILES string of the molecule is COCCN(CCOC)C1=C(N(C)C(=O)COC)C(=O)c2c(sc(C)c2C)C1=O. The summed E-state index contributed by atoms with van der Waals surface area (Å²) in [6.45, 7) is 4.97. The number of likely N-dealkylation sites (N-methyl/N-ethyl adjacent to an activating group) is 1. The van der Waals surface area contributed by atoms with Crippen LogP contribution in [0.15, 0.2) is 11.4 Å². The molecule has 0 fully saturated rings. The van der Waals surface area contributed by atoms with E-state index in [4.69, 9.17) is 14.2 Å². The van der Waals surface area contributed by atoms with Gasteiger partial charge in [0, 0.05) is 51.9 Å². The molecule has 9 heteroatoms. The molecule has 1 aromatic rings. The van der Waals surface area contributed by atoms with Crippen LogP contribution in [0.3, 0.4) is 0 Å².